The Balaban J connectivity index is 2.07. The highest BCUT2D eigenvalue weighted by Gasteiger charge is 2.18. The van der Waals surface area contributed by atoms with Gasteiger partial charge >= 0.3 is 0 Å². The van der Waals surface area contributed by atoms with Gasteiger partial charge in [-0.2, -0.15) is 0 Å². The summed E-state index contributed by atoms with van der Waals surface area (Å²) in [4.78, 5) is 4.32. The molecule has 2 rings (SSSR count). The van der Waals surface area contributed by atoms with Crippen LogP contribution >= 0.6 is 0 Å². The second kappa shape index (κ2) is 4.49. The van der Waals surface area contributed by atoms with Crippen molar-refractivity contribution in [2.24, 2.45) is 0 Å². The maximum Gasteiger partial charge on any atom is 0.149 e. The molecule has 0 fully saturated rings. The van der Waals surface area contributed by atoms with E-state index in [0.717, 1.165) is 31.1 Å². The molecule has 1 atom stereocenters. The number of methoxy groups -OCH3 is 1. The summed E-state index contributed by atoms with van der Waals surface area (Å²) in [5, 5.41) is 6.83. The number of aromatic nitrogens is 1. The van der Waals surface area contributed by atoms with Gasteiger partial charge in [0.2, 0.25) is 0 Å². The van der Waals surface area contributed by atoms with Gasteiger partial charge in [-0.15, -0.1) is 0 Å². The topological polar surface area (TPSA) is 46.2 Å². The normalized spacial score (nSPS) is 18.9. The van der Waals surface area contributed by atoms with E-state index in [2.05, 4.69) is 22.5 Å². The Morgan fingerprint density at radius 1 is 1.60 bits per heavy atom. The highest BCUT2D eigenvalue weighted by molar-refractivity contribution is 5.70. The van der Waals surface area contributed by atoms with E-state index in [-0.39, 0.29) is 0 Å². The van der Waals surface area contributed by atoms with Crippen molar-refractivity contribution >= 4 is 11.5 Å². The van der Waals surface area contributed by atoms with Gasteiger partial charge in [-0.25, -0.2) is 4.98 Å². The first kappa shape index (κ1) is 10.2. The molecule has 0 bridgehead atoms. The van der Waals surface area contributed by atoms with Gasteiger partial charge in [0.25, 0.3) is 0 Å². The first-order valence-electron chi connectivity index (χ1n) is 5.26. The molecule has 0 radical (unpaired) electrons. The summed E-state index contributed by atoms with van der Waals surface area (Å²) in [5.74, 6) is 0.961. The second-order valence-electron chi connectivity index (χ2n) is 3.86. The van der Waals surface area contributed by atoms with Gasteiger partial charge in [0, 0.05) is 32.5 Å². The Morgan fingerprint density at radius 2 is 2.47 bits per heavy atom. The molecular formula is C11H17N3O. The molecule has 0 amide bonds. The first-order chi connectivity index (χ1) is 7.31. The lowest BCUT2D eigenvalue weighted by molar-refractivity contribution is 0.190. The van der Waals surface area contributed by atoms with Crippen LogP contribution in [0.4, 0.5) is 11.5 Å². The molecule has 2 N–H and O–H groups in total. The molecule has 82 valence electrons. The number of pyridine rings is 1. The number of hydrogen-bond acceptors (Lipinski definition) is 4. The number of rotatable bonds is 3. The van der Waals surface area contributed by atoms with Crippen LogP contribution in [-0.4, -0.2) is 31.3 Å². The summed E-state index contributed by atoms with van der Waals surface area (Å²) in [6.07, 6.45) is 2.83. The summed E-state index contributed by atoms with van der Waals surface area (Å²) >= 11 is 0. The van der Waals surface area contributed by atoms with Gasteiger partial charge in [0.1, 0.15) is 5.82 Å². The van der Waals surface area contributed by atoms with E-state index in [0.29, 0.717) is 6.04 Å². The molecule has 4 nitrogen and oxygen atoms in total. The summed E-state index contributed by atoms with van der Waals surface area (Å²) in [6.45, 7) is 3.80. The van der Waals surface area contributed by atoms with Gasteiger partial charge in [0.05, 0.1) is 5.69 Å². The molecule has 1 aliphatic rings. The number of fused-ring (bicyclic) bond motifs is 1. The molecule has 1 aliphatic heterocycles. The van der Waals surface area contributed by atoms with Gasteiger partial charge in [-0.05, 0) is 25.0 Å². The van der Waals surface area contributed by atoms with Crippen molar-refractivity contribution in [3.63, 3.8) is 0 Å². The molecule has 15 heavy (non-hydrogen) atoms. The third-order valence-electron chi connectivity index (χ3n) is 2.70. The van der Waals surface area contributed by atoms with Crippen LogP contribution in [-0.2, 0) is 4.74 Å². The van der Waals surface area contributed by atoms with Crippen molar-refractivity contribution in [3.8, 4) is 0 Å². The standard InChI is InChI=1S/C11H17N3O/c1-8-3-5-12-11-10(8)13-7-9(14-11)4-6-15-2/h3,5,9,13H,4,6-7H2,1-2H3,(H,12,14). The van der Waals surface area contributed by atoms with Crippen molar-refractivity contribution in [2.75, 3.05) is 30.9 Å². The SMILES string of the molecule is COCCC1CNc2c(C)ccnc2N1. The molecule has 2 heterocycles. The highest BCUT2D eigenvalue weighted by atomic mass is 16.5. The number of nitrogens with zero attached hydrogens (tertiary/aromatic N) is 1. The Hall–Kier alpha value is -1.29. The average Bonchev–Trinajstić information content (AvgIpc) is 2.26. The second-order valence-corrected chi connectivity index (χ2v) is 3.86. The third-order valence-corrected chi connectivity index (χ3v) is 2.70. The van der Waals surface area contributed by atoms with E-state index in [9.17, 15) is 0 Å². The highest BCUT2D eigenvalue weighted by Crippen LogP contribution is 2.27. The lowest BCUT2D eigenvalue weighted by Gasteiger charge is -2.28. The predicted octanol–water partition coefficient (Wildman–Crippen LogP) is 1.63. The molecule has 1 unspecified atom stereocenters. The van der Waals surface area contributed by atoms with Crippen molar-refractivity contribution in [2.45, 2.75) is 19.4 Å². The van der Waals surface area contributed by atoms with Crippen molar-refractivity contribution in [3.05, 3.63) is 17.8 Å². The minimum atomic E-state index is 0.409. The van der Waals surface area contributed by atoms with Crippen LogP contribution in [0.1, 0.15) is 12.0 Å². The lowest BCUT2D eigenvalue weighted by atomic mass is 10.1. The van der Waals surface area contributed by atoms with Crippen LogP contribution in [0, 0.1) is 6.92 Å². The summed E-state index contributed by atoms with van der Waals surface area (Å²) in [5.41, 5.74) is 2.36. The molecule has 0 spiro atoms. The zero-order chi connectivity index (χ0) is 10.7. The van der Waals surface area contributed by atoms with Crippen molar-refractivity contribution in [1.82, 2.24) is 4.98 Å². The molecule has 0 aliphatic carbocycles. The van der Waals surface area contributed by atoms with Crippen LogP contribution in [0.3, 0.4) is 0 Å². The number of nitrogens with one attached hydrogen (secondary N) is 2. The average molecular weight is 207 g/mol. The summed E-state index contributed by atoms with van der Waals surface area (Å²) in [7, 11) is 1.73. The molecule has 0 aromatic carbocycles. The third kappa shape index (κ3) is 2.21. The van der Waals surface area contributed by atoms with Crippen LogP contribution in [0.15, 0.2) is 12.3 Å². The van der Waals surface area contributed by atoms with Gasteiger partial charge in [-0.1, -0.05) is 0 Å². The van der Waals surface area contributed by atoms with E-state index in [1.165, 1.54) is 5.56 Å². The maximum atomic E-state index is 5.07. The number of anilines is 2. The van der Waals surface area contributed by atoms with E-state index >= 15 is 0 Å². The van der Waals surface area contributed by atoms with Gasteiger partial charge in [-0.3, -0.25) is 0 Å². The fourth-order valence-corrected chi connectivity index (χ4v) is 1.79. The van der Waals surface area contributed by atoms with Gasteiger partial charge < -0.3 is 15.4 Å². The smallest absolute Gasteiger partial charge is 0.149 e. The summed E-state index contributed by atoms with van der Waals surface area (Å²) in [6, 6.07) is 2.43. The van der Waals surface area contributed by atoms with Crippen molar-refractivity contribution < 1.29 is 4.74 Å². The van der Waals surface area contributed by atoms with E-state index in [4.69, 9.17) is 4.74 Å². The zero-order valence-electron chi connectivity index (χ0n) is 9.21. The Morgan fingerprint density at radius 3 is 3.27 bits per heavy atom. The van der Waals surface area contributed by atoms with E-state index in [1.807, 2.05) is 12.3 Å². The molecule has 0 saturated heterocycles. The fraction of sp³-hybridized carbons (Fsp3) is 0.545. The van der Waals surface area contributed by atoms with Gasteiger partial charge in [0.15, 0.2) is 0 Å². The van der Waals surface area contributed by atoms with Crippen LogP contribution in [0.5, 0.6) is 0 Å². The van der Waals surface area contributed by atoms with E-state index < -0.39 is 0 Å². The Bertz CT molecular complexity index is 341. The quantitative estimate of drug-likeness (QED) is 0.791. The molecule has 1 aromatic heterocycles. The Kier molecular flexibility index (Phi) is 3.06. The lowest BCUT2D eigenvalue weighted by Crippen LogP contribution is -2.34. The number of aryl methyl sites for hydroxylation is 1. The van der Waals surface area contributed by atoms with Crippen LogP contribution < -0.4 is 10.6 Å². The van der Waals surface area contributed by atoms with E-state index in [1.54, 1.807) is 7.11 Å². The molecule has 4 heteroatoms. The van der Waals surface area contributed by atoms with Crippen molar-refractivity contribution in [1.29, 1.82) is 0 Å². The number of hydrogen-bond donors (Lipinski definition) is 2. The predicted molar refractivity (Wildman–Crippen MR) is 61.4 cm³/mol. The minimum absolute atomic E-state index is 0.409. The minimum Gasteiger partial charge on any atom is -0.385 e. The Labute approximate surface area is 90.0 Å². The molecule has 1 aromatic rings. The van der Waals surface area contributed by atoms with Crippen LogP contribution in [0.2, 0.25) is 0 Å². The monoisotopic (exact) mass is 207 g/mol. The summed E-state index contributed by atoms with van der Waals surface area (Å²) < 4.78 is 5.07. The first-order valence-corrected chi connectivity index (χ1v) is 5.26. The molecule has 0 saturated carbocycles. The van der Waals surface area contributed by atoms with Crippen LogP contribution in [0.25, 0.3) is 0 Å². The molecular weight excluding hydrogens is 190 g/mol. The largest absolute Gasteiger partial charge is 0.385 e. The maximum absolute atomic E-state index is 5.07. The number of ether oxygens (including phenoxy) is 1. The fourth-order valence-electron chi connectivity index (χ4n) is 1.79. The zero-order valence-corrected chi connectivity index (χ0v) is 9.21.